The van der Waals surface area contributed by atoms with Gasteiger partial charge >= 0.3 is 0 Å². The highest BCUT2D eigenvalue weighted by Gasteiger charge is 2.07. The quantitative estimate of drug-likeness (QED) is 0.560. The van der Waals surface area contributed by atoms with Crippen molar-refractivity contribution in [3.63, 3.8) is 0 Å². The Morgan fingerprint density at radius 1 is 1.24 bits per heavy atom. The molecule has 0 bridgehead atoms. The second-order valence-electron chi connectivity index (χ2n) is 6.16. The molecule has 2 N–H and O–H groups in total. The molecule has 0 radical (unpaired) electrons. The molecule has 0 aliphatic rings. The Hall–Kier alpha value is -1.92. The number of benzene rings is 1. The van der Waals surface area contributed by atoms with Gasteiger partial charge in [0.05, 0.1) is 25.5 Å². The molecule has 2 rings (SSSR count). The molecule has 0 aliphatic carbocycles. The van der Waals surface area contributed by atoms with Gasteiger partial charge in [-0.25, -0.2) is 4.98 Å². The van der Waals surface area contributed by atoms with Crippen molar-refractivity contribution in [1.82, 2.24) is 15.6 Å². The minimum atomic E-state index is 0.395. The molecule has 1 aromatic carbocycles. The third-order valence-corrected chi connectivity index (χ3v) is 4.91. The zero-order chi connectivity index (χ0) is 18.1. The molecule has 0 spiro atoms. The van der Waals surface area contributed by atoms with Gasteiger partial charge in [-0.15, -0.1) is 11.3 Å². The molecular weight excluding hydrogens is 332 g/mol. The summed E-state index contributed by atoms with van der Waals surface area (Å²) in [4.78, 5) is 10.1. The summed E-state index contributed by atoms with van der Waals surface area (Å²) in [5.74, 6) is 1.19. The van der Waals surface area contributed by atoms with Crippen molar-refractivity contribution in [2.24, 2.45) is 10.9 Å². The molecule has 0 fully saturated rings. The minimum absolute atomic E-state index is 0.395. The maximum Gasteiger partial charge on any atom is 0.191 e. The highest BCUT2D eigenvalue weighted by atomic mass is 32.1. The van der Waals surface area contributed by atoms with Crippen molar-refractivity contribution in [2.75, 3.05) is 20.2 Å². The molecule has 25 heavy (non-hydrogen) atoms. The normalized spacial score (nSPS) is 12.9. The highest BCUT2D eigenvalue weighted by molar-refractivity contribution is 7.11. The summed E-state index contributed by atoms with van der Waals surface area (Å²) in [6, 6.07) is 10.2. The Bertz CT molecular complexity index is 650. The summed E-state index contributed by atoms with van der Waals surface area (Å²) in [6.07, 6.45) is 0. The third kappa shape index (κ3) is 6.84. The van der Waals surface area contributed by atoms with E-state index in [1.165, 1.54) is 10.4 Å². The van der Waals surface area contributed by atoms with Crippen molar-refractivity contribution in [3.05, 3.63) is 51.5 Å². The molecule has 136 valence electrons. The first-order valence-corrected chi connectivity index (χ1v) is 9.39. The Labute approximate surface area is 154 Å². The number of hydrogen-bond acceptors (Lipinski definition) is 4. The predicted octanol–water partition coefficient (Wildman–Crippen LogP) is 3.28. The van der Waals surface area contributed by atoms with Crippen LogP contribution in [-0.4, -0.2) is 31.1 Å². The van der Waals surface area contributed by atoms with E-state index < -0.39 is 0 Å². The summed E-state index contributed by atoms with van der Waals surface area (Å²) in [5.41, 5.74) is 2.31. The van der Waals surface area contributed by atoms with Gasteiger partial charge in [0.25, 0.3) is 0 Å². The van der Waals surface area contributed by atoms with E-state index in [1.54, 1.807) is 18.4 Å². The monoisotopic (exact) mass is 360 g/mol. The number of ether oxygens (including phenoxy) is 1. The molecule has 2 aromatic rings. The lowest BCUT2D eigenvalue weighted by Crippen LogP contribution is -2.39. The topological polar surface area (TPSA) is 58.5 Å². The van der Waals surface area contributed by atoms with Gasteiger partial charge in [-0.3, -0.25) is 4.99 Å². The van der Waals surface area contributed by atoms with E-state index >= 15 is 0 Å². The number of aryl methyl sites for hydroxylation is 2. The number of aromatic nitrogens is 1. The zero-order valence-electron chi connectivity index (χ0n) is 15.5. The van der Waals surface area contributed by atoms with E-state index in [9.17, 15) is 0 Å². The fraction of sp³-hybridized carbons (Fsp3) is 0.474. The predicted molar refractivity (Wildman–Crippen MR) is 105 cm³/mol. The molecular formula is C19H28N4OS. The van der Waals surface area contributed by atoms with Crippen molar-refractivity contribution < 1.29 is 4.74 Å². The van der Waals surface area contributed by atoms with Crippen LogP contribution in [0.15, 0.2) is 35.3 Å². The average molecular weight is 361 g/mol. The van der Waals surface area contributed by atoms with Crippen LogP contribution in [0.25, 0.3) is 0 Å². The molecule has 0 saturated heterocycles. The second-order valence-corrected chi connectivity index (χ2v) is 7.45. The number of rotatable bonds is 8. The van der Waals surface area contributed by atoms with Crippen LogP contribution in [0, 0.1) is 19.8 Å². The van der Waals surface area contributed by atoms with Crippen LogP contribution in [0.5, 0.6) is 0 Å². The fourth-order valence-corrected chi connectivity index (χ4v) is 3.15. The summed E-state index contributed by atoms with van der Waals surface area (Å²) in [7, 11) is 1.78. The molecule has 1 unspecified atom stereocenters. The maximum atomic E-state index is 5.78. The number of hydrogen-bond donors (Lipinski definition) is 2. The number of thiazole rings is 1. The van der Waals surface area contributed by atoms with Crippen LogP contribution in [0.1, 0.15) is 28.1 Å². The Morgan fingerprint density at radius 3 is 2.64 bits per heavy atom. The molecule has 0 saturated carbocycles. The Kier molecular flexibility index (Phi) is 7.88. The van der Waals surface area contributed by atoms with Gasteiger partial charge in [0.15, 0.2) is 5.96 Å². The van der Waals surface area contributed by atoms with Gasteiger partial charge in [0, 0.05) is 18.5 Å². The van der Waals surface area contributed by atoms with E-state index in [-0.39, 0.29) is 0 Å². The first kappa shape index (κ1) is 19.4. The molecule has 0 aliphatic heterocycles. The van der Waals surface area contributed by atoms with E-state index in [4.69, 9.17) is 4.74 Å². The van der Waals surface area contributed by atoms with Gasteiger partial charge in [0.1, 0.15) is 5.01 Å². The van der Waals surface area contributed by atoms with Crippen LogP contribution in [0.2, 0.25) is 0 Å². The van der Waals surface area contributed by atoms with Crippen molar-refractivity contribution >= 4 is 17.3 Å². The molecule has 0 amide bonds. The molecule has 5 nitrogen and oxygen atoms in total. The largest absolute Gasteiger partial charge is 0.376 e. The molecule has 1 atom stereocenters. The van der Waals surface area contributed by atoms with Crippen LogP contribution >= 0.6 is 11.3 Å². The van der Waals surface area contributed by atoms with E-state index in [0.29, 0.717) is 25.7 Å². The smallest absolute Gasteiger partial charge is 0.191 e. The van der Waals surface area contributed by atoms with Crippen LogP contribution in [0.4, 0.5) is 0 Å². The number of nitrogens with zero attached hydrogens (tertiary/aromatic N) is 2. The van der Waals surface area contributed by atoms with Gasteiger partial charge in [0.2, 0.25) is 0 Å². The number of nitrogens with one attached hydrogen (secondary N) is 2. The fourth-order valence-electron chi connectivity index (χ4n) is 2.28. The van der Waals surface area contributed by atoms with E-state index in [1.807, 2.05) is 25.1 Å². The lowest BCUT2D eigenvalue weighted by molar-refractivity contribution is 0.0931. The van der Waals surface area contributed by atoms with Crippen LogP contribution < -0.4 is 10.6 Å². The van der Waals surface area contributed by atoms with Crippen LogP contribution in [-0.2, 0) is 17.9 Å². The van der Waals surface area contributed by atoms with E-state index in [0.717, 1.165) is 23.2 Å². The van der Waals surface area contributed by atoms with Gasteiger partial charge in [-0.2, -0.15) is 0 Å². The minimum Gasteiger partial charge on any atom is -0.376 e. The first-order valence-electron chi connectivity index (χ1n) is 8.57. The van der Waals surface area contributed by atoms with Gasteiger partial charge in [-0.05, 0) is 25.3 Å². The standard InChI is InChI=1S/C19H28N4OS/c1-14(12-24-13-17-8-6-5-7-9-17)10-21-19(20-4)22-11-18-23-15(2)16(3)25-18/h5-9,14H,10-13H2,1-4H3,(H2,20,21,22). The van der Waals surface area contributed by atoms with Crippen molar-refractivity contribution in [1.29, 1.82) is 0 Å². The van der Waals surface area contributed by atoms with Gasteiger partial charge in [-0.1, -0.05) is 37.3 Å². The number of aliphatic imine (C=N–C) groups is 1. The summed E-state index contributed by atoms with van der Waals surface area (Å²) < 4.78 is 5.78. The Balaban J connectivity index is 1.65. The van der Waals surface area contributed by atoms with Gasteiger partial charge < -0.3 is 15.4 Å². The van der Waals surface area contributed by atoms with E-state index in [2.05, 4.69) is 46.6 Å². The SMILES string of the molecule is CN=C(NCc1nc(C)c(C)s1)NCC(C)COCc1ccccc1. The summed E-state index contributed by atoms with van der Waals surface area (Å²) >= 11 is 1.72. The third-order valence-electron chi connectivity index (χ3n) is 3.84. The summed E-state index contributed by atoms with van der Waals surface area (Å²) in [5, 5.41) is 7.74. The zero-order valence-corrected chi connectivity index (χ0v) is 16.3. The van der Waals surface area contributed by atoms with Crippen molar-refractivity contribution in [3.8, 4) is 0 Å². The second kappa shape index (κ2) is 10.2. The molecule has 1 aromatic heterocycles. The summed E-state index contributed by atoms with van der Waals surface area (Å²) in [6.45, 7) is 9.17. The molecule has 6 heteroatoms. The van der Waals surface area contributed by atoms with Crippen LogP contribution in [0.3, 0.4) is 0 Å². The maximum absolute atomic E-state index is 5.78. The highest BCUT2D eigenvalue weighted by Crippen LogP contribution is 2.15. The Morgan fingerprint density at radius 2 is 2.00 bits per heavy atom. The molecule has 1 heterocycles. The first-order chi connectivity index (χ1) is 12.1. The average Bonchev–Trinajstić information content (AvgIpc) is 2.94. The number of guanidine groups is 1. The lowest BCUT2D eigenvalue weighted by atomic mass is 10.2. The van der Waals surface area contributed by atoms with Crippen molar-refractivity contribution in [2.45, 2.75) is 33.9 Å². The lowest BCUT2D eigenvalue weighted by Gasteiger charge is -2.16.